The molecule has 1 amide bonds. The number of benzene rings is 1. The maximum Gasteiger partial charge on any atom is 0.292 e. The highest BCUT2D eigenvalue weighted by atomic mass is 32.2. The van der Waals surface area contributed by atoms with Crippen LogP contribution >= 0.6 is 0 Å². The van der Waals surface area contributed by atoms with Gasteiger partial charge in [-0.1, -0.05) is 0 Å². The van der Waals surface area contributed by atoms with E-state index in [1.165, 1.54) is 30.6 Å². The number of aromatic nitrogens is 3. The van der Waals surface area contributed by atoms with E-state index in [1.807, 2.05) is 0 Å². The summed E-state index contributed by atoms with van der Waals surface area (Å²) in [6, 6.07) is 5.85. The number of hydrogen-bond donors (Lipinski definition) is 2. The Morgan fingerprint density at radius 3 is 2.44 bits per heavy atom. The number of H-pyrrole nitrogens is 1. The largest absolute Gasteiger partial charge is 0.319 e. The van der Waals surface area contributed by atoms with Crippen molar-refractivity contribution in [1.29, 1.82) is 0 Å². The normalized spacial score (nSPS) is 11.2. The van der Waals surface area contributed by atoms with Crippen molar-refractivity contribution in [2.75, 3.05) is 11.6 Å². The number of nitrogens with zero attached hydrogens (tertiary/aromatic N) is 2. The maximum absolute atomic E-state index is 11.6. The molecule has 0 atom stereocenters. The Bertz CT molecular complexity index is 647. The zero-order valence-electron chi connectivity index (χ0n) is 9.41. The van der Waals surface area contributed by atoms with Crippen molar-refractivity contribution in [3.05, 3.63) is 36.4 Å². The third kappa shape index (κ3) is 2.72. The molecule has 0 saturated carbocycles. The Morgan fingerprint density at radius 2 is 1.94 bits per heavy atom. The van der Waals surface area contributed by atoms with Crippen LogP contribution in [0.1, 0.15) is 10.6 Å². The van der Waals surface area contributed by atoms with Gasteiger partial charge in [0.2, 0.25) is 5.82 Å². The fraction of sp³-hybridized carbons (Fsp3) is 0.100. The molecule has 1 aromatic heterocycles. The maximum atomic E-state index is 11.6. The van der Waals surface area contributed by atoms with Crippen molar-refractivity contribution in [3.63, 3.8) is 0 Å². The van der Waals surface area contributed by atoms with Crippen LogP contribution in [0.5, 0.6) is 0 Å². The molecule has 0 radical (unpaired) electrons. The van der Waals surface area contributed by atoms with Crippen LogP contribution in [0.4, 0.5) is 5.69 Å². The average molecular weight is 266 g/mol. The van der Waals surface area contributed by atoms with Gasteiger partial charge >= 0.3 is 0 Å². The van der Waals surface area contributed by atoms with Crippen molar-refractivity contribution in [1.82, 2.24) is 15.2 Å². The van der Waals surface area contributed by atoms with Crippen LogP contribution in [0, 0.1) is 0 Å². The van der Waals surface area contributed by atoms with E-state index in [9.17, 15) is 13.2 Å². The third-order valence-electron chi connectivity index (χ3n) is 2.17. The Kier molecular flexibility index (Phi) is 3.11. The van der Waals surface area contributed by atoms with Crippen molar-refractivity contribution in [2.24, 2.45) is 0 Å². The second-order valence-corrected chi connectivity index (χ2v) is 5.60. The molecule has 2 aromatic rings. The fourth-order valence-corrected chi connectivity index (χ4v) is 1.92. The third-order valence-corrected chi connectivity index (χ3v) is 3.30. The summed E-state index contributed by atoms with van der Waals surface area (Å²) in [5.74, 6) is -0.359. The molecule has 0 aliphatic carbocycles. The van der Waals surface area contributed by atoms with Gasteiger partial charge in [0.25, 0.3) is 5.91 Å². The van der Waals surface area contributed by atoms with Gasteiger partial charge in [-0.2, -0.15) is 5.10 Å². The first-order valence-corrected chi connectivity index (χ1v) is 6.83. The van der Waals surface area contributed by atoms with Gasteiger partial charge in [0.1, 0.15) is 6.33 Å². The van der Waals surface area contributed by atoms with Crippen LogP contribution in [0.15, 0.2) is 35.5 Å². The number of nitrogens with one attached hydrogen (secondary N) is 2. The molecule has 94 valence electrons. The van der Waals surface area contributed by atoms with Gasteiger partial charge in [0, 0.05) is 11.9 Å². The van der Waals surface area contributed by atoms with Crippen LogP contribution in [-0.4, -0.2) is 35.8 Å². The van der Waals surface area contributed by atoms with Crippen LogP contribution in [0.3, 0.4) is 0 Å². The van der Waals surface area contributed by atoms with E-state index in [1.54, 1.807) is 0 Å². The molecule has 0 aliphatic rings. The van der Waals surface area contributed by atoms with Gasteiger partial charge in [-0.05, 0) is 24.3 Å². The number of anilines is 1. The molecule has 2 rings (SSSR count). The van der Waals surface area contributed by atoms with Crippen molar-refractivity contribution < 1.29 is 13.2 Å². The molecule has 18 heavy (non-hydrogen) atoms. The first kappa shape index (κ1) is 12.2. The predicted molar refractivity (Wildman–Crippen MR) is 63.9 cm³/mol. The zero-order valence-corrected chi connectivity index (χ0v) is 10.2. The molecular weight excluding hydrogens is 256 g/mol. The molecule has 0 saturated heterocycles. The number of carbonyl (C=O) groups excluding carboxylic acids is 1. The number of amides is 1. The lowest BCUT2D eigenvalue weighted by Gasteiger charge is -2.03. The van der Waals surface area contributed by atoms with Gasteiger partial charge in [0.05, 0.1) is 4.90 Å². The average Bonchev–Trinajstić information content (AvgIpc) is 2.82. The minimum Gasteiger partial charge on any atom is -0.319 e. The monoisotopic (exact) mass is 266 g/mol. The fourth-order valence-electron chi connectivity index (χ4n) is 1.29. The number of aromatic amines is 1. The first-order valence-electron chi connectivity index (χ1n) is 4.93. The Labute approximate surface area is 103 Å². The summed E-state index contributed by atoms with van der Waals surface area (Å²) in [6.07, 6.45) is 2.34. The molecule has 1 aromatic carbocycles. The highest BCUT2D eigenvalue weighted by Gasteiger charge is 2.10. The SMILES string of the molecule is CS(=O)(=O)c1ccc(NC(=O)c2ncn[nH]2)cc1. The summed E-state index contributed by atoms with van der Waals surface area (Å²) in [5, 5.41) is 8.53. The van der Waals surface area contributed by atoms with Crippen LogP contribution in [0.2, 0.25) is 0 Å². The van der Waals surface area contributed by atoms with Gasteiger partial charge in [-0.25, -0.2) is 13.4 Å². The van der Waals surface area contributed by atoms with Gasteiger partial charge < -0.3 is 5.32 Å². The molecule has 0 bridgehead atoms. The van der Waals surface area contributed by atoms with E-state index < -0.39 is 15.7 Å². The second kappa shape index (κ2) is 4.57. The summed E-state index contributed by atoms with van der Waals surface area (Å²) >= 11 is 0. The van der Waals surface area contributed by atoms with Crippen molar-refractivity contribution >= 4 is 21.4 Å². The summed E-state index contributed by atoms with van der Waals surface area (Å²) in [6.45, 7) is 0. The quantitative estimate of drug-likeness (QED) is 0.839. The molecule has 2 N–H and O–H groups in total. The summed E-state index contributed by atoms with van der Waals surface area (Å²) in [5.41, 5.74) is 0.476. The van der Waals surface area contributed by atoms with E-state index in [-0.39, 0.29) is 10.7 Å². The summed E-state index contributed by atoms with van der Waals surface area (Å²) in [7, 11) is -3.23. The minimum absolute atomic E-state index is 0.0854. The molecule has 0 spiro atoms. The number of carbonyl (C=O) groups is 1. The smallest absolute Gasteiger partial charge is 0.292 e. The minimum atomic E-state index is -3.23. The molecule has 0 fully saturated rings. The molecule has 1 heterocycles. The number of rotatable bonds is 3. The molecule has 8 heteroatoms. The Balaban J connectivity index is 2.14. The molecular formula is C10H10N4O3S. The topological polar surface area (TPSA) is 105 Å². The molecule has 7 nitrogen and oxygen atoms in total. The highest BCUT2D eigenvalue weighted by molar-refractivity contribution is 7.90. The van der Waals surface area contributed by atoms with Crippen LogP contribution < -0.4 is 5.32 Å². The summed E-state index contributed by atoms with van der Waals surface area (Å²) < 4.78 is 22.5. The number of hydrogen-bond acceptors (Lipinski definition) is 5. The Hall–Kier alpha value is -2.22. The lowest BCUT2D eigenvalue weighted by molar-refractivity contribution is 0.101. The van der Waals surface area contributed by atoms with Gasteiger partial charge in [0.15, 0.2) is 9.84 Å². The molecule has 0 aliphatic heterocycles. The van der Waals surface area contributed by atoms with Crippen LogP contribution in [0.25, 0.3) is 0 Å². The first-order chi connectivity index (χ1) is 8.47. The Morgan fingerprint density at radius 1 is 1.28 bits per heavy atom. The lowest BCUT2D eigenvalue weighted by Crippen LogP contribution is -2.13. The van der Waals surface area contributed by atoms with E-state index in [0.717, 1.165) is 6.26 Å². The standard InChI is InChI=1S/C10H10N4O3S/c1-18(16,17)8-4-2-7(3-5-8)13-10(15)9-11-6-12-14-9/h2-6H,1H3,(H,13,15)(H,11,12,14). The second-order valence-electron chi connectivity index (χ2n) is 3.58. The predicted octanol–water partition coefficient (Wildman–Crippen LogP) is 0.460. The highest BCUT2D eigenvalue weighted by Crippen LogP contribution is 2.14. The van der Waals surface area contributed by atoms with Crippen LogP contribution in [-0.2, 0) is 9.84 Å². The molecule has 0 unspecified atom stereocenters. The van der Waals surface area contributed by atoms with E-state index in [4.69, 9.17) is 0 Å². The lowest BCUT2D eigenvalue weighted by atomic mass is 10.3. The zero-order chi connectivity index (χ0) is 13.2. The van der Waals surface area contributed by atoms with Gasteiger partial charge in [-0.15, -0.1) is 0 Å². The van der Waals surface area contributed by atoms with E-state index >= 15 is 0 Å². The van der Waals surface area contributed by atoms with E-state index in [2.05, 4.69) is 20.5 Å². The van der Waals surface area contributed by atoms with Crippen molar-refractivity contribution in [2.45, 2.75) is 4.90 Å². The van der Waals surface area contributed by atoms with E-state index in [0.29, 0.717) is 5.69 Å². The summed E-state index contributed by atoms with van der Waals surface area (Å²) in [4.78, 5) is 15.5. The van der Waals surface area contributed by atoms with Gasteiger partial charge in [-0.3, -0.25) is 9.89 Å². The number of sulfone groups is 1. The van der Waals surface area contributed by atoms with Crippen molar-refractivity contribution in [3.8, 4) is 0 Å².